The number of aromatic nitrogens is 1. The summed E-state index contributed by atoms with van der Waals surface area (Å²) in [6.07, 6.45) is 1.86. The fraction of sp³-hybridized carbons (Fsp3) is 0.455. The van der Waals surface area contributed by atoms with E-state index < -0.39 is 11.6 Å². The van der Waals surface area contributed by atoms with Crippen LogP contribution in [0, 0.1) is 0 Å². The molecule has 0 bridgehead atoms. The van der Waals surface area contributed by atoms with Crippen LogP contribution in [-0.4, -0.2) is 26.4 Å². The number of carboxylic acids is 1. The van der Waals surface area contributed by atoms with Crippen molar-refractivity contribution >= 4 is 5.97 Å². The van der Waals surface area contributed by atoms with Crippen molar-refractivity contribution in [1.29, 1.82) is 0 Å². The molecule has 0 unspecified atom stereocenters. The van der Waals surface area contributed by atoms with E-state index in [0.29, 0.717) is 13.0 Å². The van der Waals surface area contributed by atoms with Gasteiger partial charge in [0.2, 0.25) is 0 Å². The summed E-state index contributed by atoms with van der Waals surface area (Å²) in [4.78, 5) is 22.1. The van der Waals surface area contributed by atoms with E-state index in [-0.39, 0.29) is 11.1 Å². The van der Waals surface area contributed by atoms with Gasteiger partial charge < -0.3 is 14.8 Å². The normalized spacial score (nSPS) is 11.4. The molecular formula is C11H15NO4. The number of pyridine rings is 1. The van der Waals surface area contributed by atoms with Gasteiger partial charge in [-0.2, -0.15) is 0 Å². The topological polar surface area (TPSA) is 79.5 Å². The number of aromatic carboxylic acids is 1. The fourth-order valence-electron chi connectivity index (χ4n) is 1.22. The van der Waals surface area contributed by atoms with Gasteiger partial charge in [0, 0.05) is 18.8 Å². The predicted molar refractivity (Wildman–Crippen MR) is 58.6 cm³/mol. The Kier molecular flexibility index (Phi) is 3.49. The van der Waals surface area contributed by atoms with Gasteiger partial charge in [-0.25, -0.2) is 4.79 Å². The fourth-order valence-corrected chi connectivity index (χ4v) is 1.22. The number of carbonyl (C=O) groups is 1. The summed E-state index contributed by atoms with van der Waals surface area (Å²) in [6, 6.07) is 2.45. The van der Waals surface area contributed by atoms with Crippen molar-refractivity contribution in [2.45, 2.75) is 32.4 Å². The molecule has 0 amide bonds. The Hall–Kier alpha value is -1.62. The highest BCUT2D eigenvalue weighted by molar-refractivity contribution is 5.87. The highest BCUT2D eigenvalue weighted by atomic mass is 16.4. The molecule has 0 radical (unpaired) electrons. The molecule has 0 saturated heterocycles. The van der Waals surface area contributed by atoms with Crippen molar-refractivity contribution < 1.29 is 15.0 Å². The van der Waals surface area contributed by atoms with Gasteiger partial charge in [0.05, 0.1) is 11.2 Å². The van der Waals surface area contributed by atoms with Crippen molar-refractivity contribution in [2.24, 2.45) is 0 Å². The standard InChI is InChI=1S/C11H15NO4/c1-11(2,16)4-6-12-5-3-8(10(14)15)7-9(12)13/h3,5,7,16H,4,6H2,1-2H3,(H,14,15). The third kappa shape index (κ3) is 3.51. The summed E-state index contributed by atoms with van der Waals surface area (Å²) in [6.45, 7) is 3.68. The van der Waals surface area contributed by atoms with Gasteiger partial charge in [0.25, 0.3) is 5.56 Å². The van der Waals surface area contributed by atoms with Gasteiger partial charge in [0.15, 0.2) is 0 Å². The van der Waals surface area contributed by atoms with Crippen molar-refractivity contribution in [3.05, 3.63) is 34.2 Å². The molecule has 5 heteroatoms. The molecule has 0 aliphatic carbocycles. The first-order valence-corrected chi connectivity index (χ1v) is 4.96. The lowest BCUT2D eigenvalue weighted by molar-refractivity contribution is 0.0653. The van der Waals surface area contributed by atoms with Crippen LogP contribution < -0.4 is 5.56 Å². The van der Waals surface area contributed by atoms with Crippen LogP contribution in [0.25, 0.3) is 0 Å². The molecule has 1 aromatic rings. The van der Waals surface area contributed by atoms with E-state index in [1.807, 2.05) is 0 Å². The molecule has 1 rings (SSSR count). The van der Waals surface area contributed by atoms with Gasteiger partial charge in [-0.3, -0.25) is 4.79 Å². The average molecular weight is 225 g/mol. The first kappa shape index (κ1) is 12.4. The van der Waals surface area contributed by atoms with E-state index in [2.05, 4.69) is 0 Å². The minimum absolute atomic E-state index is 0.0236. The summed E-state index contributed by atoms with van der Waals surface area (Å²) in [5, 5.41) is 18.2. The van der Waals surface area contributed by atoms with Crippen molar-refractivity contribution in [1.82, 2.24) is 4.57 Å². The first-order chi connectivity index (χ1) is 7.29. The van der Waals surface area contributed by atoms with Crippen LogP contribution >= 0.6 is 0 Å². The van der Waals surface area contributed by atoms with Crippen LogP contribution in [0.5, 0.6) is 0 Å². The van der Waals surface area contributed by atoms with E-state index in [0.717, 1.165) is 6.07 Å². The number of nitrogens with zero attached hydrogens (tertiary/aromatic N) is 1. The Morgan fingerprint density at radius 1 is 1.50 bits per heavy atom. The van der Waals surface area contributed by atoms with Gasteiger partial charge in [-0.05, 0) is 26.3 Å². The second-order valence-electron chi connectivity index (χ2n) is 4.31. The summed E-state index contributed by atoms with van der Waals surface area (Å²) < 4.78 is 1.38. The zero-order chi connectivity index (χ0) is 12.3. The molecule has 1 aromatic heterocycles. The Morgan fingerprint density at radius 3 is 2.56 bits per heavy atom. The molecule has 88 valence electrons. The molecule has 5 nitrogen and oxygen atoms in total. The Balaban J connectivity index is 2.84. The lowest BCUT2D eigenvalue weighted by Crippen LogP contribution is -2.26. The predicted octanol–water partition coefficient (Wildman–Crippen LogP) is 0.707. The molecule has 0 aliphatic heterocycles. The molecule has 16 heavy (non-hydrogen) atoms. The Morgan fingerprint density at radius 2 is 2.12 bits per heavy atom. The molecule has 0 aliphatic rings. The third-order valence-corrected chi connectivity index (χ3v) is 2.21. The molecule has 0 atom stereocenters. The van der Waals surface area contributed by atoms with E-state index in [9.17, 15) is 14.7 Å². The van der Waals surface area contributed by atoms with Crippen molar-refractivity contribution in [2.75, 3.05) is 0 Å². The second kappa shape index (κ2) is 4.49. The monoisotopic (exact) mass is 225 g/mol. The maximum absolute atomic E-state index is 11.5. The van der Waals surface area contributed by atoms with Crippen LogP contribution in [0.4, 0.5) is 0 Å². The number of aryl methyl sites for hydroxylation is 1. The smallest absolute Gasteiger partial charge is 0.335 e. The molecule has 2 N–H and O–H groups in total. The van der Waals surface area contributed by atoms with Gasteiger partial charge in [-0.1, -0.05) is 0 Å². The zero-order valence-electron chi connectivity index (χ0n) is 9.30. The van der Waals surface area contributed by atoms with E-state index in [1.54, 1.807) is 13.8 Å². The van der Waals surface area contributed by atoms with Crippen molar-refractivity contribution in [3.63, 3.8) is 0 Å². The Labute approximate surface area is 93.0 Å². The summed E-state index contributed by atoms with van der Waals surface area (Å²) in [5.41, 5.74) is -1.24. The van der Waals surface area contributed by atoms with E-state index in [1.165, 1.54) is 16.8 Å². The lowest BCUT2D eigenvalue weighted by atomic mass is 10.1. The molecule has 0 fully saturated rings. The van der Waals surface area contributed by atoms with Crippen molar-refractivity contribution in [3.8, 4) is 0 Å². The van der Waals surface area contributed by atoms with Crippen LogP contribution in [0.15, 0.2) is 23.1 Å². The Bertz CT molecular complexity index is 442. The zero-order valence-corrected chi connectivity index (χ0v) is 9.30. The minimum atomic E-state index is -1.12. The molecular weight excluding hydrogens is 210 g/mol. The SMILES string of the molecule is CC(C)(O)CCn1ccc(C(=O)O)cc1=O. The van der Waals surface area contributed by atoms with Gasteiger partial charge in [0.1, 0.15) is 0 Å². The largest absolute Gasteiger partial charge is 0.478 e. The number of hydrogen-bond acceptors (Lipinski definition) is 3. The summed E-state index contributed by atoms with van der Waals surface area (Å²) >= 11 is 0. The van der Waals surface area contributed by atoms with Crippen LogP contribution in [0.3, 0.4) is 0 Å². The quantitative estimate of drug-likeness (QED) is 0.790. The third-order valence-electron chi connectivity index (χ3n) is 2.21. The van der Waals surface area contributed by atoms with Gasteiger partial charge in [-0.15, -0.1) is 0 Å². The molecule has 0 aromatic carbocycles. The second-order valence-corrected chi connectivity index (χ2v) is 4.31. The number of hydrogen-bond donors (Lipinski definition) is 2. The highest BCUT2D eigenvalue weighted by Crippen LogP contribution is 2.08. The maximum atomic E-state index is 11.5. The minimum Gasteiger partial charge on any atom is -0.478 e. The van der Waals surface area contributed by atoms with Crippen LogP contribution in [0.1, 0.15) is 30.6 Å². The molecule has 0 saturated carbocycles. The number of carboxylic acid groups (broad SMARTS) is 1. The molecule has 1 heterocycles. The summed E-state index contributed by atoms with van der Waals surface area (Å²) in [7, 11) is 0. The lowest BCUT2D eigenvalue weighted by Gasteiger charge is -2.17. The van der Waals surface area contributed by atoms with Gasteiger partial charge >= 0.3 is 5.97 Å². The number of rotatable bonds is 4. The van der Waals surface area contributed by atoms with E-state index in [4.69, 9.17) is 5.11 Å². The van der Waals surface area contributed by atoms with Crippen LogP contribution in [0.2, 0.25) is 0 Å². The average Bonchev–Trinajstić information content (AvgIpc) is 2.14. The van der Waals surface area contributed by atoms with Crippen LogP contribution in [-0.2, 0) is 6.54 Å². The van der Waals surface area contributed by atoms with E-state index >= 15 is 0 Å². The first-order valence-electron chi connectivity index (χ1n) is 4.96. The maximum Gasteiger partial charge on any atom is 0.335 e. The molecule has 0 spiro atoms. The number of aliphatic hydroxyl groups is 1. The summed E-state index contributed by atoms with van der Waals surface area (Å²) in [5.74, 6) is -1.12. The highest BCUT2D eigenvalue weighted by Gasteiger charge is 2.13.